The third-order valence-corrected chi connectivity index (χ3v) is 5.61. The maximum Gasteiger partial charge on any atom is 0.415 e. The Morgan fingerprint density at radius 3 is 2.50 bits per heavy atom. The number of carbonyl (C=O) groups excluding carboxylic acids is 2. The van der Waals surface area contributed by atoms with Gasteiger partial charge < -0.3 is 19.1 Å². The quantitative estimate of drug-likeness (QED) is 0.507. The smallest absolute Gasteiger partial charge is 0.415 e. The minimum Gasteiger partial charge on any atom is -0.448 e. The number of halogens is 2. The Labute approximate surface area is 198 Å². The van der Waals surface area contributed by atoms with E-state index < -0.39 is 18.0 Å². The van der Waals surface area contributed by atoms with Crippen LogP contribution in [-0.4, -0.2) is 45.3 Å². The third-order valence-electron chi connectivity index (χ3n) is 5.41. The van der Waals surface area contributed by atoms with E-state index in [0.717, 1.165) is 5.56 Å². The van der Waals surface area contributed by atoms with Crippen LogP contribution in [0, 0.1) is 5.82 Å². The number of hydrogen-bond donors (Lipinski definition) is 0. The van der Waals surface area contributed by atoms with Crippen LogP contribution >= 0.6 is 11.6 Å². The topological polar surface area (TPSA) is 94.1 Å². The van der Waals surface area contributed by atoms with E-state index in [4.69, 9.17) is 25.8 Å². The molecule has 11 heteroatoms. The number of benzene rings is 2. The van der Waals surface area contributed by atoms with Gasteiger partial charge in [-0.1, -0.05) is 29.8 Å². The van der Waals surface area contributed by atoms with Gasteiger partial charge in [-0.05, 0) is 18.2 Å². The Kier molecular flexibility index (Phi) is 5.89. The molecule has 0 radical (unpaired) electrons. The fraction of sp³-hybridized carbons (Fsp3) is 0.217. The molecule has 0 spiro atoms. The molecule has 0 unspecified atom stereocenters. The molecule has 2 aromatic carbocycles. The molecule has 2 amide bonds. The number of fused-ring (bicyclic) bond motifs is 1. The van der Waals surface area contributed by atoms with Crippen molar-refractivity contribution in [2.45, 2.75) is 19.6 Å². The minimum atomic E-state index is -0.608. The van der Waals surface area contributed by atoms with Crippen molar-refractivity contribution in [1.82, 2.24) is 20.0 Å². The highest BCUT2D eigenvalue weighted by Gasteiger charge is 2.28. The SMILES string of the molecule is O=C1OCCN1Cc1cccc(CN2Cc3ccc(Oc4ccc(Cl)nn4)cc3OC2=O)c1F. The van der Waals surface area contributed by atoms with Crippen LogP contribution in [0.3, 0.4) is 0 Å². The van der Waals surface area contributed by atoms with E-state index in [1.807, 2.05) is 0 Å². The molecule has 34 heavy (non-hydrogen) atoms. The molecular formula is C23H18ClFN4O5. The lowest BCUT2D eigenvalue weighted by molar-refractivity contribution is 0.134. The van der Waals surface area contributed by atoms with Crippen molar-refractivity contribution in [3.63, 3.8) is 0 Å². The van der Waals surface area contributed by atoms with Gasteiger partial charge in [0.25, 0.3) is 0 Å². The third kappa shape index (κ3) is 4.58. The zero-order chi connectivity index (χ0) is 23.7. The lowest BCUT2D eigenvalue weighted by Crippen LogP contribution is -2.36. The predicted molar refractivity (Wildman–Crippen MR) is 117 cm³/mol. The number of rotatable bonds is 6. The van der Waals surface area contributed by atoms with Crippen LogP contribution in [0.2, 0.25) is 5.15 Å². The van der Waals surface area contributed by atoms with E-state index in [2.05, 4.69) is 10.2 Å². The summed E-state index contributed by atoms with van der Waals surface area (Å²) >= 11 is 5.72. The van der Waals surface area contributed by atoms with Crippen molar-refractivity contribution >= 4 is 23.8 Å². The lowest BCUT2D eigenvalue weighted by Gasteiger charge is -2.28. The Hall–Kier alpha value is -3.92. The fourth-order valence-corrected chi connectivity index (χ4v) is 3.81. The number of carbonyl (C=O) groups is 2. The van der Waals surface area contributed by atoms with Crippen molar-refractivity contribution in [2.24, 2.45) is 0 Å². The van der Waals surface area contributed by atoms with Crippen LogP contribution in [-0.2, 0) is 24.4 Å². The molecule has 0 atom stereocenters. The Morgan fingerprint density at radius 1 is 1.00 bits per heavy atom. The second kappa shape index (κ2) is 9.14. The van der Waals surface area contributed by atoms with Gasteiger partial charge in [-0.3, -0.25) is 4.90 Å². The summed E-state index contributed by atoms with van der Waals surface area (Å²) in [6.45, 7) is 1.05. The minimum absolute atomic E-state index is 0.0149. The molecule has 3 aromatic rings. The number of cyclic esters (lactones) is 1. The maximum absolute atomic E-state index is 15.1. The summed E-state index contributed by atoms with van der Waals surface area (Å²) in [6.07, 6.45) is -1.07. The molecule has 2 aliphatic heterocycles. The van der Waals surface area contributed by atoms with Crippen LogP contribution in [0.1, 0.15) is 16.7 Å². The molecular weight excluding hydrogens is 467 g/mol. The summed E-state index contributed by atoms with van der Waals surface area (Å²) in [6, 6.07) is 13.1. The largest absolute Gasteiger partial charge is 0.448 e. The van der Waals surface area contributed by atoms with Gasteiger partial charge >= 0.3 is 12.2 Å². The van der Waals surface area contributed by atoms with Crippen molar-refractivity contribution in [3.8, 4) is 17.4 Å². The molecule has 0 N–H and O–H groups in total. The first-order chi connectivity index (χ1) is 16.5. The number of amides is 2. The molecule has 0 saturated carbocycles. The Balaban J connectivity index is 1.29. The maximum atomic E-state index is 15.1. The van der Waals surface area contributed by atoms with E-state index >= 15 is 4.39 Å². The van der Waals surface area contributed by atoms with Crippen LogP contribution < -0.4 is 9.47 Å². The van der Waals surface area contributed by atoms with Crippen LogP contribution in [0.25, 0.3) is 0 Å². The average molecular weight is 485 g/mol. The Bertz CT molecular complexity index is 1260. The van der Waals surface area contributed by atoms with Crippen molar-refractivity contribution in [1.29, 1.82) is 0 Å². The summed E-state index contributed by atoms with van der Waals surface area (Å²) in [5, 5.41) is 7.78. The molecule has 0 bridgehead atoms. The highest BCUT2D eigenvalue weighted by atomic mass is 35.5. The molecule has 1 saturated heterocycles. The van der Waals surface area contributed by atoms with E-state index in [0.29, 0.717) is 35.8 Å². The number of aromatic nitrogens is 2. The molecule has 174 valence electrons. The summed E-state index contributed by atoms with van der Waals surface area (Å²) in [5.74, 6) is 0.539. The van der Waals surface area contributed by atoms with Gasteiger partial charge in [-0.2, -0.15) is 0 Å². The number of hydrogen-bond acceptors (Lipinski definition) is 7. The summed E-state index contributed by atoms with van der Waals surface area (Å²) in [4.78, 5) is 27.1. The van der Waals surface area contributed by atoms with E-state index in [1.165, 1.54) is 9.80 Å². The zero-order valence-electron chi connectivity index (χ0n) is 17.7. The summed E-state index contributed by atoms with van der Waals surface area (Å²) < 4.78 is 31.1. The van der Waals surface area contributed by atoms with Gasteiger partial charge in [0.05, 0.1) is 26.2 Å². The van der Waals surface area contributed by atoms with Crippen molar-refractivity contribution < 1.29 is 28.2 Å². The molecule has 2 aliphatic rings. The predicted octanol–water partition coefficient (Wildman–Crippen LogP) is 4.53. The second-order valence-electron chi connectivity index (χ2n) is 7.72. The van der Waals surface area contributed by atoms with Gasteiger partial charge in [0.2, 0.25) is 5.88 Å². The summed E-state index contributed by atoms with van der Waals surface area (Å²) in [5.41, 5.74) is 1.42. The highest BCUT2D eigenvalue weighted by molar-refractivity contribution is 6.29. The average Bonchev–Trinajstić information content (AvgIpc) is 3.23. The van der Waals surface area contributed by atoms with Gasteiger partial charge in [0, 0.05) is 28.8 Å². The lowest BCUT2D eigenvalue weighted by atomic mass is 10.1. The van der Waals surface area contributed by atoms with Crippen LogP contribution in [0.15, 0.2) is 48.5 Å². The molecule has 5 rings (SSSR count). The van der Waals surface area contributed by atoms with Gasteiger partial charge in [0.1, 0.15) is 23.9 Å². The van der Waals surface area contributed by atoms with E-state index in [-0.39, 0.29) is 30.7 Å². The van der Waals surface area contributed by atoms with E-state index in [1.54, 1.807) is 48.5 Å². The second-order valence-corrected chi connectivity index (χ2v) is 8.10. The zero-order valence-corrected chi connectivity index (χ0v) is 18.5. The first kappa shape index (κ1) is 21.9. The van der Waals surface area contributed by atoms with Gasteiger partial charge in [0.15, 0.2) is 5.15 Å². The van der Waals surface area contributed by atoms with Gasteiger partial charge in [-0.25, -0.2) is 14.0 Å². The molecule has 1 fully saturated rings. The van der Waals surface area contributed by atoms with Gasteiger partial charge in [-0.15, -0.1) is 10.2 Å². The van der Waals surface area contributed by atoms with Crippen LogP contribution in [0.4, 0.5) is 14.0 Å². The highest BCUT2D eigenvalue weighted by Crippen LogP contribution is 2.33. The first-order valence-corrected chi connectivity index (χ1v) is 10.8. The van der Waals surface area contributed by atoms with Crippen molar-refractivity contribution in [3.05, 3.63) is 76.2 Å². The summed E-state index contributed by atoms with van der Waals surface area (Å²) in [7, 11) is 0. The monoisotopic (exact) mass is 484 g/mol. The fourth-order valence-electron chi connectivity index (χ4n) is 3.71. The molecule has 1 aromatic heterocycles. The molecule has 9 nitrogen and oxygen atoms in total. The normalized spacial score (nSPS) is 15.1. The molecule has 3 heterocycles. The van der Waals surface area contributed by atoms with Crippen molar-refractivity contribution in [2.75, 3.05) is 13.2 Å². The van der Waals surface area contributed by atoms with E-state index in [9.17, 15) is 9.59 Å². The Morgan fingerprint density at radius 2 is 1.79 bits per heavy atom. The van der Waals surface area contributed by atoms with Crippen LogP contribution in [0.5, 0.6) is 17.4 Å². The number of nitrogens with zero attached hydrogens (tertiary/aromatic N) is 4. The first-order valence-electron chi connectivity index (χ1n) is 10.4. The molecule has 0 aliphatic carbocycles. The number of ether oxygens (including phenoxy) is 3. The standard InChI is InChI=1S/C23H18ClFN4O5/c24-19-6-7-20(27-26-19)33-17-5-4-14-11-29(23(31)34-18(14)10-17)13-16-3-1-2-15(21(16)25)12-28-8-9-32-22(28)30/h1-7,10H,8-9,11-13H2.